The number of hydrogen-bond acceptors (Lipinski definition) is 8. The maximum Gasteiger partial charge on any atom is 0.416 e. The number of nitrogens with zero attached hydrogens (tertiary/aromatic N) is 3. The Morgan fingerprint density at radius 3 is 2.33 bits per heavy atom. The lowest BCUT2D eigenvalue weighted by Gasteiger charge is -2.18. The number of ketones is 1. The lowest BCUT2D eigenvalue weighted by Crippen LogP contribution is -2.30. The molecule has 0 spiro atoms. The van der Waals surface area contributed by atoms with E-state index < -0.39 is 27.7 Å². The molecular formula is C30H32Cl2F3N5O5S. The van der Waals surface area contributed by atoms with E-state index >= 15 is 0 Å². The van der Waals surface area contributed by atoms with Crippen LogP contribution in [0.2, 0.25) is 10.0 Å². The number of Topliss-reactive ketones (excluding diaryl/α,β-unsaturated/α-hetero) is 1. The average molecular weight is 703 g/mol. The van der Waals surface area contributed by atoms with Crippen molar-refractivity contribution in [1.29, 1.82) is 0 Å². The molecule has 46 heavy (non-hydrogen) atoms. The third-order valence-electron chi connectivity index (χ3n) is 6.49. The van der Waals surface area contributed by atoms with E-state index in [-0.39, 0.29) is 62.3 Å². The van der Waals surface area contributed by atoms with Crippen LogP contribution in [0.15, 0.2) is 69.7 Å². The topological polar surface area (TPSA) is 130 Å². The Hall–Kier alpha value is -3.56. The second kappa shape index (κ2) is 16.3. The zero-order valence-corrected chi connectivity index (χ0v) is 27.4. The van der Waals surface area contributed by atoms with Crippen LogP contribution in [-0.2, 0) is 21.0 Å². The van der Waals surface area contributed by atoms with Crippen molar-refractivity contribution in [1.82, 2.24) is 9.62 Å². The van der Waals surface area contributed by atoms with Crippen LogP contribution in [0.25, 0.3) is 0 Å². The first-order valence-electron chi connectivity index (χ1n) is 14.0. The fourth-order valence-electron chi connectivity index (χ4n) is 4.04. The van der Waals surface area contributed by atoms with Crippen molar-refractivity contribution in [2.75, 3.05) is 38.0 Å². The second-order valence-electron chi connectivity index (χ2n) is 9.90. The number of alkyl halides is 3. The molecule has 1 amide bonds. The number of halogens is 5. The normalized spacial score (nSPS) is 12.1. The molecule has 3 aromatic rings. The number of ether oxygens (including phenoxy) is 1. The van der Waals surface area contributed by atoms with Gasteiger partial charge < -0.3 is 15.0 Å². The van der Waals surface area contributed by atoms with Crippen LogP contribution in [0.1, 0.15) is 43.1 Å². The van der Waals surface area contributed by atoms with Crippen molar-refractivity contribution < 1.29 is 35.9 Å². The summed E-state index contributed by atoms with van der Waals surface area (Å²) in [6.45, 7) is 7.62. The minimum absolute atomic E-state index is 0.0310. The van der Waals surface area contributed by atoms with Crippen molar-refractivity contribution >= 4 is 56.3 Å². The van der Waals surface area contributed by atoms with Gasteiger partial charge in [0.05, 0.1) is 21.3 Å². The van der Waals surface area contributed by atoms with Gasteiger partial charge in [-0.15, -0.1) is 0 Å². The van der Waals surface area contributed by atoms with Crippen molar-refractivity contribution in [2.24, 2.45) is 10.2 Å². The average Bonchev–Trinajstić information content (AvgIpc) is 2.99. The first-order chi connectivity index (χ1) is 21.6. The number of benzene rings is 3. The number of amides is 1. The molecule has 3 rings (SSSR count). The van der Waals surface area contributed by atoms with E-state index in [0.29, 0.717) is 19.0 Å². The monoisotopic (exact) mass is 701 g/mol. The summed E-state index contributed by atoms with van der Waals surface area (Å²) in [6.07, 6.45) is -4.19. The third-order valence-corrected chi connectivity index (χ3v) is 8.76. The summed E-state index contributed by atoms with van der Waals surface area (Å²) in [5, 5.41) is 9.97. The first-order valence-corrected chi connectivity index (χ1v) is 16.3. The molecule has 0 radical (unpaired) electrons. The summed E-state index contributed by atoms with van der Waals surface area (Å²) >= 11 is 12.3. The zero-order valence-electron chi connectivity index (χ0n) is 25.1. The second-order valence-corrected chi connectivity index (χ2v) is 12.5. The molecule has 0 aliphatic rings. The third kappa shape index (κ3) is 10.5. The largest absolute Gasteiger partial charge is 0.455 e. The van der Waals surface area contributed by atoms with Crippen molar-refractivity contribution in [3.63, 3.8) is 0 Å². The highest BCUT2D eigenvalue weighted by Gasteiger charge is 2.32. The molecule has 2 N–H and O–H groups in total. The van der Waals surface area contributed by atoms with E-state index in [9.17, 15) is 31.2 Å². The predicted octanol–water partition coefficient (Wildman–Crippen LogP) is 7.74. The molecule has 0 unspecified atom stereocenters. The molecule has 0 saturated carbocycles. The van der Waals surface area contributed by atoms with E-state index in [2.05, 4.69) is 25.2 Å². The van der Waals surface area contributed by atoms with E-state index in [0.717, 1.165) is 31.3 Å². The van der Waals surface area contributed by atoms with E-state index in [1.807, 2.05) is 13.8 Å². The van der Waals surface area contributed by atoms with E-state index in [1.54, 1.807) is 0 Å². The summed E-state index contributed by atoms with van der Waals surface area (Å²) in [4.78, 5) is 26.1. The smallest absolute Gasteiger partial charge is 0.416 e. The highest BCUT2D eigenvalue weighted by Crippen LogP contribution is 2.38. The maximum absolute atomic E-state index is 13.6. The van der Waals surface area contributed by atoms with Gasteiger partial charge in [0.1, 0.15) is 22.9 Å². The van der Waals surface area contributed by atoms with Gasteiger partial charge in [-0.3, -0.25) is 9.59 Å². The van der Waals surface area contributed by atoms with Crippen LogP contribution < -0.4 is 14.8 Å². The Balaban J connectivity index is 1.89. The fourth-order valence-corrected chi connectivity index (χ4v) is 5.78. The molecule has 10 nitrogen and oxygen atoms in total. The molecule has 16 heteroatoms. The number of nitrogens with one attached hydrogen (secondary N) is 2. The molecule has 0 fully saturated rings. The van der Waals surface area contributed by atoms with Gasteiger partial charge in [-0.05, 0) is 81.5 Å². The zero-order chi connectivity index (χ0) is 34.1. The summed E-state index contributed by atoms with van der Waals surface area (Å²) in [5.74, 6) is -1.37. The minimum atomic E-state index is -4.75. The molecule has 248 valence electrons. The Labute approximate surface area is 275 Å². The van der Waals surface area contributed by atoms with Gasteiger partial charge in [-0.2, -0.15) is 23.4 Å². The number of hydrogen-bond donors (Lipinski definition) is 2. The van der Waals surface area contributed by atoms with E-state index in [1.165, 1.54) is 37.3 Å². The molecule has 0 saturated heterocycles. The van der Waals surface area contributed by atoms with Crippen LogP contribution in [0.3, 0.4) is 0 Å². The van der Waals surface area contributed by atoms with Crippen LogP contribution >= 0.6 is 23.2 Å². The Morgan fingerprint density at radius 1 is 0.978 bits per heavy atom. The van der Waals surface area contributed by atoms with Gasteiger partial charge in [0.25, 0.3) is 5.91 Å². The number of azo groups is 1. The lowest BCUT2D eigenvalue weighted by atomic mass is 10.1. The number of carbonyl (C=O) groups excluding carboxylic acids is 2. The highest BCUT2D eigenvalue weighted by atomic mass is 35.5. The van der Waals surface area contributed by atoms with Crippen LogP contribution in [0.4, 0.5) is 24.5 Å². The quantitative estimate of drug-likeness (QED) is 0.123. The van der Waals surface area contributed by atoms with Crippen molar-refractivity contribution in [2.45, 2.75) is 38.3 Å². The highest BCUT2D eigenvalue weighted by molar-refractivity contribution is 7.89. The van der Waals surface area contributed by atoms with Gasteiger partial charge >= 0.3 is 6.18 Å². The molecule has 0 bridgehead atoms. The first kappa shape index (κ1) is 36.9. The van der Waals surface area contributed by atoms with E-state index in [4.69, 9.17) is 27.9 Å². The van der Waals surface area contributed by atoms with Crippen molar-refractivity contribution in [3.8, 4) is 11.5 Å². The number of anilines is 1. The Bertz CT molecular complexity index is 1700. The molecule has 0 heterocycles. The maximum atomic E-state index is 13.6. The van der Waals surface area contributed by atoms with Gasteiger partial charge in [0.2, 0.25) is 10.0 Å². The predicted molar refractivity (Wildman–Crippen MR) is 170 cm³/mol. The molecule has 0 aliphatic carbocycles. The summed E-state index contributed by atoms with van der Waals surface area (Å²) < 4.78 is 75.1. The lowest BCUT2D eigenvalue weighted by molar-refractivity contribution is -0.137. The Kier molecular flexibility index (Phi) is 13.1. The molecular weight excluding hydrogens is 670 g/mol. The fraction of sp³-hybridized carbons (Fsp3) is 0.333. The van der Waals surface area contributed by atoms with Gasteiger partial charge in [0.15, 0.2) is 11.5 Å². The van der Waals surface area contributed by atoms with Crippen LogP contribution in [0.5, 0.6) is 11.5 Å². The Morgan fingerprint density at radius 2 is 1.67 bits per heavy atom. The molecule has 0 aromatic heterocycles. The number of sulfonamides is 1. The van der Waals surface area contributed by atoms with Gasteiger partial charge in [0, 0.05) is 18.2 Å². The standard InChI is InChI=1S/C30H32Cl2F3N5O5S/c1-4-40(5-2)14-6-13-37-46(43,44)28-17-22(9-11-24(28)32)45-27-12-8-21(30(33,34)35)16-26(27)38-29(42)20-7-10-23(31)25(15-20)39-36-18-19(3)41/h7-12,15-17,37H,4-6,13-14,18H2,1-3H3,(H,38,42). The van der Waals surface area contributed by atoms with Crippen LogP contribution in [0, 0.1) is 0 Å². The van der Waals surface area contributed by atoms with Gasteiger partial charge in [-0.1, -0.05) is 37.0 Å². The SMILES string of the molecule is CCN(CC)CCCNS(=O)(=O)c1cc(Oc2ccc(C(F)(F)F)cc2NC(=O)c2ccc(Cl)c(N=NCC(C)=O)c2)ccc1Cl. The molecule has 0 atom stereocenters. The van der Waals surface area contributed by atoms with Crippen LogP contribution in [-0.4, -0.2) is 57.7 Å². The van der Waals surface area contributed by atoms with Gasteiger partial charge in [-0.25, -0.2) is 13.1 Å². The minimum Gasteiger partial charge on any atom is -0.455 e. The summed E-state index contributed by atoms with van der Waals surface area (Å²) in [5.41, 5.74) is -1.40. The summed E-state index contributed by atoms with van der Waals surface area (Å²) in [7, 11) is -4.07. The number of carbonyl (C=O) groups is 2. The van der Waals surface area contributed by atoms with Crippen molar-refractivity contribution in [3.05, 3.63) is 75.8 Å². The summed E-state index contributed by atoms with van der Waals surface area (Å²) in [6, 6.07) is 10.1. The number of rotatable bonds is 15. The molecule has 3 aromatic carbocycles. The molecule has 0 aliphatic heterocycles.